The Bertz CT molecular complexity index is 492. The van der Waals surface area contributed by atoms with Crippen LogP contribution in [-0.2, 0) is 6.42 Å². The molecular weight excluding hydrogens is 296 g/mol. The maximum absolute atomic E-state index is 11.8. The standard InChI is InChI=1S/C9H7BrN2OS2/c1-5-3-14-7(12-5)2-6(13)8-9(10)15-4-11-8/h3-4H,2H2,1H3. The van der Waals surface area contributed by atoms with E-state index >= 15 is 0 Å². The summed E-state index contributed by atoms with van der Waals surface area (Å²) in [5.74, 6) is 0.0116. The van der Waals surface area contributed by atoms with Gasteiger partial charge >= 0.3 is 0 Å². The first kappa shape index (κ1) is 10.9. The number of nitrogens with zero attached hydrogens (tertiary/aromatic N) is 2. The van der Waals surface area contributed by atoms with Gasteiger partial charge in [0.15, 0.2) is 5.78 Å². The van der Waals surface area contributed by atoms with Gasteiger partial charge in [-0.25, -0.2) is 9.97 Å². The predicted octanol–water partition coefficient (Wildman–Crippen LogP) is 3.10. The lowest BCUT2D eigenvalue weighted by molar-refractivity contribution is 0.0988. The van der Waals surface area contributed by atoms with Gasteiger partial charge in [-0.2, -0.15) is 0 Å². The molecule has 0 bridgehead atoms. The van der Waals surface area contributed by atoms with Gasteiger partial charge in [0.1, 0.15) is 14.5 Å². The third-order valence-corrected chi connectivity index (χ3v) is 4.28. The number of aryl methyl sites for hydroxylation is 1. The van der Waals surface area contributed by atoms with Gasteiger partial charge in [0, 0.05) is 11.1 Å². The van der Waals surface area contributed by atoms with Crippen LogP contribution in [0.25, 0.3) is 0 Å². The lowest BCUT2D eigenvalue weighted by Crippen LogP contribution is -2.04. The Morgan fingerprint density at radius 2 is 2.33 bits per heavy atom. The van der Waals surface area contributed by atoms with E-state index in [0.717, 1.165) is 14.5 Å². The molecule has 0 saturated carbocycles. The first-order valence-electron chi connectivity index (χ1n) is 4.20. The zero-order valence-electron chi connectivity index (χ0n) is 7.86. The smallest absolute Gasteiger partial charge is 0.190 e. The molecule has 0 unspecified atom stereocenters. The number of thiazole rings is 2. The van der Waals surface area contributed by atoms with Crippen LogP contribution in [0.2, 0.25) is 0 Å². The fourth-order valence-corrected chi connectivity index (χ4v) is 2.99. The third-order valence-electron chi connectivity index (χ3n) is 1.77. The van der Waals surface area contributed by atoms with Gasteiger partial charge in [0.2, 0.25) is 0 Å². The van der Waals surface area contributed by atoms with Crippen molar-refractivity contribution in [2.24, 2.45) is 0 Å². The number of hydrogen-bond donors (Lipinski definition) is 0. The summed E-state index contributed by atoms with van der Waals surface area (Å²) >= 11 is 6.23. The average Bonchev–Trinajstić information content (AvgIpc) is 2.75. The molecule has 0 radical (unpaired) electrons. The van der Waals surface area contributed by atoms with Crippen molar-refractivity contribution in [3.8, 4) is 0 Å². The van der Waals surface area contributed by atoms with Gasteiger partial charge in [-0.3, -0.25) is 4.79 Å². The molecule has 0 fully saturated rings. The molecular formula is C9H7BrN2OS2. The van der Waals surface area contributed by atoms with E-state index in [1.54, 1.807) is 5.51 Å². The van der Waals surface area contributed by atoms with Crippen molar-refractivity contribution in [1.82, 2.24) is 9.97 Å². The predicted molar refractivity (Wildman–Crippen MR) is 64.7 cm³/mol. The zero-order valence-corrected chi connectivity index (χ0v) is 11.1. The van der Waals surface area contributed by atoms with Crippen LogP contribution < -0.4 is 0 Å². The van der Waals surface area contributed by atoms with Crippen molar-refractivity contribution >= 4 is 44.4 Å². The fourth-order valence-electron chi connectivity index (χ4n) is 1.12. The van der Waals surface area contributed by atoms with Gasteiger partial charge in [0.05, 0.1) is 11.9 Å². The van der Waals surface area contributed by atoms with Gasteiger partial charge in [-0.05, 0) is 22.9 Å². The summed E-state index contributed by atoms with van der Waals surface area (Å²) in [5.41, 5.74) is 3.12. The SMILES string of the molecule is Cc1csc(CC(=O)c2ncsc2Br)n1. The maximum atomic E-state index is 11.8. The van der Waals surface area contributed by atoms with Gasteiger partial charge < -0.3 is 0 Å². The van der Waals surface area contributed by atoms with E-state index in [-0.39, 0.29) is 5.78 Å². The second kappa shape index (κ2) is 4.51. The van der Waals surface area contributed by atoms with Gasteiger partial charge in [-0.1, -0.05) is 0 Å². The first-order chi connectivity index (χ1) is 7.16. The molecule has 3 nitrogen and oxygen atoms in total. The molecule has 2 heterocycles. The van der Waals surface area contributed by atoms with E-state index in [1.807, 2.05) is 12.3 Å². The van der Waals surface area contributed by atoms with Crippen molar-refractivity contribution < 1.29 is 4.79 Å². The Labute approximate surface area is 103 Å². The number of Topliss-reactive ketones (excluding diaryl/α,β-unsaturated/α-hetero) is 1. The zero-order chi connectivity index (χ0) is 10.8. The molecule has 0 atom stereocenters. The molecule has 78 valence electrons. The molecule has 0 aromatic carbocycles. The summed E-state index contributed by atoms with van der Waals surface area (Å²) in [5, 5.41) is 2.79. The number of hydrogen-bond acceptors (Lipinski definition) is 5. The third kappa shape index (κ3) is 2.50. The summed E-state index contributed by atoms with van der Waals surface area (Å²) in [6.07, 6.45) is 0.334. The van der Waals surface area contributed by atoms with E-state index in [0.29, 0.717) is 12.1 Å². The number of carbonyl (C=O) groups excluding carboxylic acids is 1. The molecule has 0 aliphatic rings. The Hall–Kier alpha value is -0.590. The molecule has 0 spiro atoms. The Kier molecular flexibility index (Phi) is 3.28. The van der Waals surface area contributed by atoms with Crippen molar-refractivity contribution in [2.45, 2.75) is 13.3 Å². The van der Waals surface area contributed by atoms with Crippen LogP contribution >= 0.6 is 38.6 Å². The Morgan fingerprint density at radius 1 is 1.53 bits per heavy atom. The van der Waals surface area contributed by atoms with Gasteiger partial charge in [0.25, 0.3) is 0 Å². The minimum atomic E-state index is 0.0116. The summed E-state index contributed by atoms with van der Waals surface area (Å²) in [6.45, 7) is 1.92. The number of halogens is 1. The number of rotatable bonds is 3. The molecule has 2 rings (SSSR count). The molecule has 0 aliphatic carbocycles. The van der Waals surface area contributed by atoms with Crippen molar-refractivity contribution in [1.29, 1.82) is 0 Å². The minimum absolute atomic E-state index is 0.0116. The topological polar surface area (TPSA) is 42.9 Å². The van der Waals surface area contributed by atoms with Crippen LogP contribution in [0.3, 0.4) is 0 Å². The second-order valence-electron chi connectivity index (χ2n) is 2.96. The van der Waals surface area contributed by atoms with Crippen LogP contribution in [0.1, 0.15) is 21.2 Å². The van der Waals surface area contributed by atoms with Crippen LogP contribution in [-0.4, -0.2) is 15.8 Å². The molecule has 6 heteroatoms. The lowest BCUT2D eigenvalue weighted by atomic mass is 10.2. The average molecular weight is 303 g/mol. The van der Waals surface area contributed by atoms with E-state index in [1.165, 1.54) is 22.7 Å². The van der Waals surface area contributed by atoms with E-state index < -0.39 is 0 Å². The monoisotopic (exact) mass is 302 g/mol. The van der Waals surface area contributed by atoms with E-state index in [2.05, 4.69) is 25.9 Å². The number of ketones is 1. The quantitative estimate of drug-likeness (QED) is 0.818. The molecule has 2 aromatic rings. The molecule has 0 amide bonds. The first-order valence-corrected chi connectivity index (χ1v) is 6.75. The Balaban J connectivity index is 2.14. The van der Waals surface area contributed by atoms with Crippen LogP contribution in [0.15, 0.2) is 14.7 Å². The highest BCUT2D eigenvalue weighted by Gasteiger charge is 2.15. The molecule has 2 aromatic heterocycles. The highest BCUT2D eigenvalue weighted by Crippen LogP contribution is 2.22. The van der Waals surface area contributed by atoms with E-state index in [9.17, 15) is 4.79 Å². The maximum Gasteiger partial charge on any atom is 0.190 e. The van der Waals surface area contributed by atoms with Crippen molar-refractivity contribution in [3.63, 3.8) is 0 Å². The summed E-state index contributed by atoms with van der Waals surface area (Å²) in [4.78, 5) is 20.1. The summed E-state index contributed by atoms with van der Waals surface area (Å²) in [7, 11) is 0. The van der Waals surface area contributed by atoms with Crippen LogP contribution in [0.5, 0.6) is 0 Å². The summed E-state index contributed by atoms with van der Waals surface area (Å²) in [6, 6.07) is 0. The molecule has 0 aliphatic heterocycles. The highest BCUT2D eigenvalue weighted by molar-refractivity contribution is 9.11. The van der Waals surface area contributed by atoms with Crippen molar-refractivity contribution in [3.05, 3.63) is 31.1 Å². The largest absolute Gasteiger partial charge is 0.292 e. The molecule has 0 N–H and O–H groups in total. The normalized spacial score (nSPS) is 10.5. The van der Waals surface area contributed by atoms with Crippen molar-refractivity contribution in [2.75, 3.05) is 0 Å². The van der Waals surface area contributed by atoms with E-state index in [4.69, 9.17) is 0 Å². The number of aromatic nitrogens is 2. The minimum Gasteiger partial charge on any atom is -0.292 e. The molecule has 15 heavy (non-hydrogen) atoms. The highest BCUT2D eigenvalue weighted by atomic mass is 79.9. The van der Waals surface area contributed by atoms with Crippen LogP contribution in [0, 0.1) is 6.92 Å². The lowest BCUT2D eigenvalue weighted by Gasteiger charge is -1.94. The number of carbonyl (C=O) groups is 1. The second-order valence-corrected chi connectivity index (χ2v) is 6.07. The van der Waals surface area contributed by atoms with Crippen LogP contribution in [0.4, 0.5) is 0 Å². The summed E-state index contributed by atoms with van der Waals surface area (Å²) < 4.78 is 0.792. The molecule has 0 saturated heterocycles. The van der Waals surface area contributed by atoms with Gasteiger partial charge in [-0.15, -0.1) is 22.7 Å². The fraction of sp³-hybridized carbons (Fsp3) is 0.222. The Morgan fingerprint density at radius 3 is 2.87 bits per heavy atom.